The van der Waals surface area contributed by atoms with Crippen LogP contribution >= 0.6 is 0 Å². The number of ether oxygens (including phenoxy) is 2. The summed E-state index contributed by atoms with van der Waals surface area (Å²) in [4.78, 5) is 11.1. The lowest BCUT2D eigenvalue weighted by molar-refractivity contribution is -0.135. The zero-order valence-electron chi connectivity index (χ0n) is 10.9. The molecule has 0 N–H and O–H groups in total. The van der Waals surface area contributed by atoms with Crippen LogP contribution in [0.2, 0.25) is 0 Å². The zero-order valence-corrected chi connectivity index (χ0v) is 10.9. The Labute approximate surface area is 108 Å². The molecule has 0 unspecified atom stereocenters. The minimum atomic E-state index is -0.432. The topological polar surface area (TPSA) is 35.5 Å². The molecule has 3 nitrogen and oxygen atoms in total. The molecule has 0 aromatic carbocycles. The molecule has 0 heterocycles. The van der Waals surface area contributed by atoms with Gasteiger partial charge in [0.2, 0.25) is 0 Å². The summed E-state index contributed by atoms with van der Waals surface area (Å²) in [5.74, 6) is 0.535. The molecule has 0 atom stereocenters. The Balaban J connectivity index is 2.65. The lowest BCUT2D eigenvalue weighted by Gasteiger charge is -2.13. The third kappa shape index (κ3) is 3.77. The van der Waals surface area contributed by atoms with Gasteiger partial charge >= 0.3 is 5.97 Å². The largest absolute Gasteiger partial charge is 0.501 e. The van der Waals surface area contributed by atoms with Crippen molar-refractivity contribution in [3.8, 4) is 0 Å². The molecule has 0 amide bonds. The summed E-state index contributed by atoms with van der Waals surface area (Å²) in [6.07, 6.45) is 9.06. The van der Waals surface area contributed by atoms with Crippen LogP contribution in [-0.4, -0.2) is 20.2 Å². The van der Waals surface area contributed by atoms with E-state index in [0.717, 1.165) is 29.7 Å². The van der Waals surface area contributed by atoms with Gasteiger partial charge in [-0.1, -0.05) is 25.3 Å². The summed E-state index contributed by atoms with van der Waals surface area (Å²) in [6.45, 7) is 7.58. The van der Waals surface area contributed by atoms with Gasteiger partial charge in [0, 0.05) is 6.42 Å². The fraction of sp³-hybridized carbons (Fsp3) is 0.267. The van der Waals surface area contributed by atoms with Crippen LogP contribution in [0, 0.1) is 0 Å². The van der Waals surface area contributed by atoms with Gasteiger partial charge in [0.25, 0.3) is 0 Å². The van der Waals surface area contributed by atoms with E-state index in [2.05, 4.69) is 17.9 Å². The highest BCUT2D eigenvalue weighted by Gasteiger charge is 2.08. The predicted octanol–water partition coefficient (Wildman–Crippen LogP) is 3.08. The highest BCUT2D eigenvalue weighted by Crippen LogP contribution is 2.24. The van der Waals surface area contributed by atoms with Crippen LogP contribution in [0.4, 0.5) is 0 Å². The van der Waals surface area contributed by atoms with E-state index >= 15 is 0 Å². The first-order valence-corrected chi connectivity index (χ1v) is 5.66. The molecule has 3 heteroatoms. The molecule has 0 saturated carbocycles. The van der Waals surface area contributed by atoms with Crippen molar-refractivity contribution in [1.29, 1.82) is 0 Å². The maximum absolute atomic E-state index is 11.1. The Bertz CT molecular complexity index is 450. The van der Waals surface area contributed by atoms with Crippen LogP contribution in [0.15, 0.2) is 59.9 Å². The minimum Gasteiger partial charge on any atom is -0.501 e. The normalized spacial score (nSPS) is 14.8. The Morgan fingerprint density at radius 2 is 1.94 bits per heavy atom. The molecular weight excluding hydrogens is 228 g/mol. The molecular formula is C15H18O3. The first-order chi connectivity index (χ1) is 8.58. The van der Waals surface area contributed by atoms with E-state index in [4.69, 9.17) is 4.74 Å². The first kappa shape index (κ1) is 14.0. The molecule has 0 saturated heterocycles. The van der Waals surface area contributed by atoms with Crippen molar-refractivity contribution in [3.63, 3.8) is 0 Å². The van der Waals surface area contributed by atoms with Crippen molar-refractivity contribution in [3.05, 3.63) is 59.9 Å². The molecule has 1 rings (SSSR count). The first-order valence-electron chi connectivity index (χ1n) is 5.66. The lowest BCUT2D eigenvalue weighted by Crippen LogP contribution is -2.01. The summed E-state index contributed by atoms with van der Waals surface area (Å²) >= 11 is 0. The van der Waals surface area contributed by atoms with Crippen LogP contribution in [0.3, 0.4) is 0 Å². The van der Waals surface area contributed by atoms with Gasteiger partial charge in [-0.2, -0.15) is 0 Å². The molecule has 0 spiro atoms. The predicted molar refractivity (Wildman–Crippen MR) is 71.8 cm³/mol. The van der Waals surface area contributed by atoms with Gasteiger partial charge in [0.05, 0.1) is 25.6 Å². The summed E-state index contributed by atoms with van der Waals surface area (Å²) in [7, 11) is 3.00. The highest BCUT2D eigenvalue weighted by molar-refractivity contribution is 5.90. The smallest absolute Gasteiger partial charge is 0.337 e. The average Bonchev–Trinajstić information content (AvgIpc) is 2.43. The number of esters is 1. The van der Waals surface area contributed by atoms with Gasteiger partial charge in [-0.25, -0.2) is 4.79 Å². The minimum absolute atomic E-state index is 0.309. The molecule has 0 aliphatic heterocycles. The Hall–Kier alpha value is -2.03. The summed E-state index contributed by atoms with van der Waals surface area (Å²) in [5, 5.41) is 0. The van der Waals surface area contributed by atoms with Crippen LogP contribution in [0.5, 0.6) is 0 Å². The van der Waals surface area contributed by atoms with E-state index in [-0.39, 0.29) is 0 Å². The molecule has 0 radical (unpaired) electrons. The number of methoxy groups -OCH3 is 2. The van der Waals surface area contributed by atoms with Crippen molar-refractivity contribution in [2.75, 3.05) is 14.2 Å². The molecule has 1 aliphatic rings. The van der Waals surface area contributed by atoms with Crippen molar-refractivity contribution in [2.45, 2.75) is 12.8 Å². The summed E-state index contributed by atoms with van der Waals surface area (Å²) in [5.41, 5.74) is 2.30. The molecule has 0 aromatic heterocycles. The molecule has 0 bridgehead atoms. The molecule has 96 valence electrons. The third-order valence-corrected chi connectivity index (χ3v) is 2.72. The molecule has 1 aliphatic carbocycles. The second-order valence-electron chi connectivity index (χ2n) is 3.90. The average molecular weight is 246 g/mol. The second kappa shape index (κ2) is 6.64. The number of allylic oxidation sites excluding steroid dienone is 6. The van der Waals surface area contributed by atoms with E-state index in [1.165, 1.54) is 7.11 Å². The SMILES string of the molecule is C=C(/C=C\C(=C)C1=CC=C(OC)CC1)C(=O)OC. The maximum atomic E-state index is 11.1. The number of hydrogen-bond acceptors (Lipinski definition) is 3. The van der Waals surface area contributed by atoms with Crippen molar-refractivity contribution < 1.29 is 14.3 Å². The van der Waals surface area contributed by atoms with E-state index < -0.39 is 5.97 Å². The monoisotopic (exact) mass is 246 g/mol. The van der Waals surface area contributed by atoms with Gasteiger partial charge < -0.3 is 9.47 Å². The van der Waals surface area contributed by atoms with Crippen LogP contribution < -0.4 is 0 Å². The molecule has 0 aromatic rings. The maximum Gasteiger partial charge on any atom is 0.337 e. The number of carbonyl (C=O) groups is 1. The molecule has 18 heavy (non-hydrogen) atoms. The standard InChI is InChI=1S/C15H18O3/c1-11(5-6-12(2)15(16)18-4)13-7-9-14(17-3)10-8-13/h5-7,9H,1-2,8,10H2,3-4H3/b6-5-. The number of hydrogen-bond donors (Lipinski definition) is 0. The van der Waals surface area contributed by atoms with Crippen LogP contribution in [0.25, 0.3) is 0 Å². The summed E-state index contributed by atoms with van der Waals surface area (Å²) in [6, 6.07) is 0. The van der Waals surface area contributed by atoms with Gasteiger partial charge in [0.1, 0.15) is 0 Å². The Morgan fingerprint density at radius 3 is 2.44 bits per heavy atom. The van der Waals surface area contributed by atoms with Crippen molar-refractivity contribution in [2.24, 2.45) is 0 Å². The number of carbonyl (C=O) groups excluding carboxylic acids is 1. The van der Waals surface area contributed by atoms with Gasteiger partial charge in [-0.05, 0) is 29.7 Å². The highest BCUT2D eigenvalue weighted by atomic mass is 16.5. The number of rotatable bonds is 5. The fourth-order valence-electron chi connectivity index (χ4n) is 1.56. The quantitative estimate of drug-likeness (QED) is 0.425. The van der Waals surface area contributed by atoms with Crippen molar-refractivity contribution in [1.82, 2.24) is 0 Å². The van der Waals surface area contributed by atoms with Crippen LogP contribution in [-0.2, 0) is 14.3 Å². The molecule has 0 fully saturated rings. The lowest BCUT2D eigenvalue weighted by atomic mass is 9.97. The van der Waals surface area contributed by atoms with Crippen LogP contribution in [0.1, 0.15) is 12.8 Å². The zero-order chi connectivity index (χ0) is 13.5. The van der Waals surface area contributed by atoms with E-state index in [0.29, 0.717) is 5.57 Å². The van der Waals surface area contributed by atoms with E-state index in [1.807, 2.05) is 12.2 Å². The van der Waals surface area contributed by atoms with Gasteiger partial charge in [-0.3, -0.25) is 0 Å². The van der Waals surface area contributed by atoms with Gasteiger partial charge in [-0.15, -0.1) is 0 Å². The van der Waals surface area contributed by atoms with Crippen molar-refractivity contribution >= 4 is 5.97 Å². The third-order valence-electron chi connectivity index (χ3n) is 2.72. The van der Waals surface area contributed by atoms with E-state index in [1.54, 1.807) is 19.3 Å². The van der Waals surface area contributed by atoms with Gasteiger partial charge in [0.15, 0.2) is 0 Å². The second-order valence-corrected chi connectivity index (χ2v) is 3.90. The Morgan fingerprint density at radius 1 is 1.22 bits per heavy atom. The Kier molecular flexibility index (Phi) is 5.18. The van der Waals surface area contributed by atoms with E-state index in [9.17, 15) is 4.79 Å². The summed E-state index contributed by atoms with van der Waals surface area (Å²) < 4.78 is 9.72. The fourth-order valence-corrected chi connectivity index (χ4v) is 1.56.